The molecule has 1 aromatic carbocycles. The molecule has 0 radical (unpaired) electrons. The van der Waals surface area contributed by atoms with E-state index in [1.165, 1.54) is 0 Å². The number of hydrogen-bond donors (Lipinski definition) is 1. The molecule has 0 atom stereocenters. The Hall–Kier alpha value is -0.510. The van der Waals surface area contributed by atoms with E-state index in [1.807, 2.05) is 0 Å². The van der Waals surface area contributed by atoms with Crippen LogP contribution in [0.25, 0.3) is 10.9 Å². The van der Waals surface area contributed by atoms with Crippen LogP contribution in [0.3, 0.4) is 0 Å². The third-order valence-corrected chi connectivity index (χ3v) is 3.11. The first kappa shape index (κ1) is 10.0. The predicted molar refractivity (Wildman–Crippen MR) is 62.3 cm³/mol. The van der Waals surface area contributed by atoms with Crippen molar-refractivity contribution in [3.63, 3.8) is 0 Å². The Balaban J connectivity index is 3.09. The van der Waals surface area contributed by atoms with Crippen LogP contribution in [0, 0.1) is 0 Å². The maximum atomic E-state index is 11.7. The lowest BCUT2D eigenvalue weighted by atomic mass is 10.2. The first-order valence-corrected chi connectivity index (χ1v) is 5.31. The van der Waals surface area contributed by atoms with Gasteiger partial charge in [0, 0.05) is 6.20 Å². The Morgan fingerprint density at radius 1 is 1.21 bits per heavy atom. The average molecular weight is 293 g/mol. The van der Waals surface area contributed by atoms with E-state index in [0.717, 1.165) is 0 Å². The van der Waals surface area contributed by atoms with Crippen molar-refractivity contribution in [1.82, 2.24) is 4.98 Å². The second kappa shape index (κ2) is 3.57. The standard InChI is InChI=1S/C9H4BrCl2NO/c10-4-3-13-8-6(12)2-1-5(11)7(8)9(4)14/h1-3H,(H,13,14). The summed E-state index contributed by atoms with van der Waals surface area (Å²) in [5.74, 6) is 0. The fourth-order valence-corrected chi connectivity index (χ4v) is 2.00. The van der Waals surface area contributed by atoms with Crippen LogP contribution in [0.5, 0.6) is 0 Å². The number of benzene rings is 1. The van der Waals surface area contributed by atoms with Gasteiger partial charge in [-0.2, -0.15) is 0 Å². The summed E-state index contributed by atoms with van der Waals surface area (Å²) in [6.07, 6.45) is 1.55. The Labute approximate surface area is 98.0 Å². The topological polar surface area (TPSA) is 32.9 Å². The molecule has 1 aromatic heterocycles. The summed E-state index contributed by atoms with van der Waals surface area (Å²) in [5, 5.41) is 1.29. The molecule has 0 unspecified atom stereocenters. The van der Waals surface area contributed by atoms with Crippen molar-refractivity contribution < 1.29 is 0 Å². The van der Waals surface area contributed by atoms with E-state index in [9.17, 15) is 4.79 Å². The van der Waals surface area contributed by atoms with Crippen molar-refractivity contribution in [2.45, 2.75) is 0 Å². The number of fused-ring (bicyclic) bond motifs is 1. The minimum Gasteiger partial charge on any atom is -0.359 e. The van der Waals surface area contributed by atoms with Crippen molar-refractivity contribution in [1.29, 1.82) is 0 Å². The molecule has 1 N–H and O–H groups in total. The number of aromatic amines is 1. The molecule has 0 saturated carbocycles. The third kappa shape index (κ3) is 1.45. The molecular weight excluding hydrogens is 289 g/mol. The highest BCUT2D eigenvalue weighted by molar-refractivity contribution is 9.10. The molecule has 0 spiro atoms. The lowest BCUT2D eigenvalue weighted by Gasteiger charge is -2.02. The maximum absolute atomic E-state index is 11.7. The molecule has 0 aliphatic heterocycles. The first-order chi connectivity index (χ1) is 6.61. The van der Waals surface area contributed by atoms with Crippen LogP contribution < -0.4 is 5.43 Å². The van der Waals surface area contributed by atoms with E-state index in [4.69, 9.17) is 23.2 Å². The molecular formula is C9H4BrCl2NO. The number of halogens is 3. The van der Waals surface area contributed by atoms with Gasteiger partial charge in [0.1, 0.15) is 0 Å². The monoisotopic (exact) mass is 291 g/mol. The SMILES string of the molecule is O=c1c(Br)c[nH]c2c(Cl)ccc(Cl)c12. The number of pyridine rings is 1. The molecule has 0 aliphatic carbocycles. The second-order valence-electron chi connectivity index (χ2n) is 2.74. The summed E-state index contributed by atoms with van der Waals surface area (Å²) >= 11 is 14.9. The Bertz CT molecular complexity index is 564. The average Bonchev–Trinajstić information content (AvgIpc) is 2.16. The van der Waals surface area contributed by atoms with Crippen LogP contribution in [0.4, 0.5) is 0 Å². The van der Waals surface area contributed by atoms with Gasteiger partial charge in [-0.1, -0.05) is 23.2 Å². The number of hydrogen-bond acceptors (Lipinski definition) is 1. The summed E-state index contributed by atoms with van der Waals surface area (Å²) in [6, 6.07) is 3.25. The smallest absolute Gasteiger partial charge is 0.205 e. The largest absolute Gasteiger partial charge is 0.359 e. The van der Waals surface area contributed by atoms with Crippen molar-refractivity contribution >= 4 is 50.0 Å². The molecule has 72 valence electrons. The van der Waals surface area contributed by atoms with E-state index >= 15 is 0 Å². The number of nitrogens with one attached hydrogen (secondary N) is 1. The molecule has 0 amide bonds. The van der Waals surface area contributed by atoms with Crippen LogP contribution in [0.15, 0.2) is 27.6 Å². The maximum Gasteiger partial charge on any atom is 0.205 e. The van der Waals surface area contributed by atoms with Crippen molar-refractivity contribution in [3.8, 4) is 0 Å². The van der Waals surface area contributed by atoms with Crippen LogP contribution >= 0.6 is 39.1 Å². The van der Waals surface area contributed by atoms with Crippen LogP contribution in [-0.2, 0) is 0 Å². The zero-order valence-corrected chi connectivity index (χ0v) is 9.87. The van der Waals surface area contributed by atoms with E-state index in [-0.39, 0.29) is 5.43 Å². The van der Waals surface area contributed by atoms with Crippen molar-refractivity contribution in [3.05, 3.63) is 43.1 Å². The van der Waals surface area contributed by atoms with Crippen LogP contribution in [0.1, 0.15) is 0 Å². The van der Waals surface area contributed by atoms with Gasteiger partial charge in [0.25, 0.3) is 0 Å². The zero-order chi connectivity index (χ0) is 10.3. The lowest BCUT2D eigenvalue weighted by molar-refractivity contribution is 1.36. The van der Waals surface area contributed by atoms with Crippen molar-refractivity contribution in [2.75, 3.05) is 0 Å². The Morgan fingerprint density at radius 3 is 2.57 bits per heavy atom. The molecule has 0 aliphatic rings. The van der Waals surface area contributed by atoms with Gasteiger partial charge in [-0.05, 0) is 28.1 Å². The molecule has 0 saturated heterocycles. The minimum atomic E-state index is -0.161. The highest BCUT2D eigenvalue weighted by atomic mass is 79.9. The number of aromatic nitrogens is 1. The van der Waals surface area contributed by atoms with Gasteiger partial charge in [0.2, 0.25) is 5.43 Å². The van der Waals surface area contributed by atoms with Gasteiger partial charge in [-0.3, -0.25) is 4.79 Å². The zero-order valence-electron chi connectivity index (χ0n) is 6.77. The van der Waals surface area contributed by atoms with Gasteiger partial charge < -0.3 is 4.98 Å². The Morgan fingerprint density at radius 2 is 1.86 bits per heavy atom. The summed E-state index contributed by atoms with van der Waals surface area (Å²) in [6.45, 7) is 0. The highest BCUT2D eigenvalue weighted by Gasteiger charge is 2.09. The van der Waals surface area contributed by atoms with Gasteiger partial charge in [0.05, 0.1) is 25.4 Å². The summed E-state index contributed by atoms with van der Waals surface area (Å²) in [4.78, 5) is 14.6. The molecule has 1 heterocycles. The van der Waals surface area contributed by atoms with Crippen LogP contribution in [0.2, 0.25) is 10.0 Å². The molecule has 5 heteroatoms. The van der Waals surface area contributed by atoms with Gasteiger partial charge in [-0.25, -0.2) is 0 Å². The predicted octanol–water partition coefficient (Wildman–Crippen LogP) is 3.60. The lowest BCUT2D eigenvalue weighted by Crippen LogP contribution is -2.04. The van der Waals surface area contributed by atoms with Gasteiger partial charge >= 0.3 is 0 Å². The molecule has 0 fully saturated rings. The third-order valence-electron chi connectivity index (χ3n) is 1.89. The van der Waals surface area contributed by atoms with E-state index in [1.54, 1.807) is 18.3 Å². The normalized spacial score (nSPS) is 10.8. The summed E-state index contributed by atoms with van der Waals surface area (Å²) in [7, 11) is 0. The minimum absolute atomic E-state index is 0.161. The fourth-order valence-electron chi connectivity index (χ4n) is 1.24. The molecule has 0 bridgehead atoms. The fraction of sp³-hybridized carbons (Fsp3) is 0. The quantitative estimate of drug-likeness (QED) is 0.791. The molecule has 2 aromatic rings. The van der Waals surface area contributed by atoms with E-state index in [0.29, 0.717) is 25.4 Å². The van der Waals surface area contributed by atoms with E-state index in [2.05, 4.69) is 20.9 Å². The van der Waals surface area contributed by atoms with Gasteiger partial charge in [0.15, 0.2) is 0 Å². The molecule has 2 nitrogen and oxygen atoms in total. The first-order valence-electron chi connectivity index (χ1n) is 3.76. The Kier molecular flexibility index (Phi) is 2.56. The molecule has 14 heavy (non-hydrogen) atoms. The number of rotatable bonds is 0. The summed E-state index contributed by atoms with van der Waals surface area (Å²) < 4.78 is 0.439. The van der Waals surface area contributed by atoms with Crippen molar-refractivity contribution in [2.24, 2.45) is 0 Å². The molecule has 2 rings (SSSR count). The van der Waals surface area contributed by atoms with E-state index < -0.39 is 0 Å². The van der Waals surface area contributed by atoms with Gasteiger partial charge in [-0.15, -0.1) is 0 Å². The highest BCUT2D eigenvalue weighted by Crippen LogP contribution is 2.26. The summed E-state index contributed by atoms with van der Waals surface area (Å²) in [5.41, 5.74) is 0.401. The second-order valence-corrected chi connectivity index (χ2v) is 4.41. The van der Waals surface area contributed by atoms with Crippen LogP contribution in [-0.4, -0.2) is 4.98 Å². The number of H-pyrrole nitrogens is 1.